The number of Topliss-reactive ketones (excluding diaryl/α,β-unsaturated/α-hetero) is 1. The van der Waals surface area contributed by atoms with E-state index in [0.29, 0.717) is 11.7 Å². The van der Waals surface area contributed by atoms with Gasteiger partial charge >= 0.3 is 0 Å². The molecule has 2 rings (SSSR count). The zero-order valence-corrected chi connectivity index (χ0v) is 9.69. The van der Waals surface area contributed by atoms with Crippen LogP contribution in [-0.4, -0.2) is 12.3 Å². The van der Waals surface area contributed by atoms with Gasteiger partial charge in [-0.15, -0.1) is 11.3 Å². The molecule has 0 unspecified atom stereocenters. The molecule has 2 nitrogen and oxygen atoms in total. The lowest BCUT2D eigenvalue weighted by Gasteiger charge is -2.20. The molecule has 0 spiro atoms. The van der Waals surface area contributed by atoms with Crippen molar-refractivity contribution in [3.8, 4) is 0 Å². The summed E-state index contributed by atoms with van der Waals surface area (Å²) in [6.07, 6.45) is 3.75. The molecule has 1 aromatic heterocycles. The van der Waals surface area contributed by atoms with E-state index in [0.717, 1.165) is 38.8 Å². The molecular weight excluding hydrogens is 206 g/mol. The second-order valence-electron chi connectivity index (χ2n) is 4.19. The lowest BCUT2D eigenvalue weighted by Crippen LogP contribution is -2.25. The van der Waals surface area contributed by atoms with Crippen LogP contribution in [0.5, 0.6) is 0 Å². The largest absolute Gasteiger partial charge is 0.312 e. The number of carbonyl (C=O) groups is 1. The van der Waals surface area contributed by atoms with E-state index < -0.39 is 0 Å². The molecule has 3 heteroatoms. The first-order valence-corrected chi connectivity index (χ1v) is 6.47. The van der Waals surface area contributed by atoms with Crippen LogP contribution < -0.4 is 5.32 Å². The lowest BCUT2D eigenvalue weighted by molar-refractivity contribution is -0.120. The number of thiophene rings is 1. The molecule has 1 aliphatic rings. The van der Waals surface area contributed by atoms with E-state index in [-0.39, 0.29) is 0 Å². The van der Waals surface area contributed by atoms with Crippen molar-refractivity contribution in [3.63, 3.8) is 0 Å². The van der Waals surface area contributed by atoms with Crippen molar-refractivity contribution in [2.24, 2.45) is 5.92 Å². The van der Waals surface area contributed by atoms with Crippen molar-refractivity contribution in [3.05, 3.63) is 22.4 Å². The fourth-order valence-corrected chi connectivity index (χ4v) is 2.69. The number of hydrogen-bond acceptors (Lipinski definition) is 3. The second kappa shape index (κ2) is 5.42. The van der Waals surface area contributed by atoms with Crippen LogP contribution >= 0.6 is 11.3 Å². The SMILES string of the molecule is O=C1CCC(CNCc2cccs2)CC1. The van der Waals surface area contributed by atoms with Crippen LogP contribution in [0.2, 0.25) is 0 Å². The molecule has 0 aromatic carbocycles. The van der Waals surface area contributed by atoms with Gasteiger partial charge in [-0.3, -0.25) is 4.79 Å². The summed E-state index contributed by atoms with van der Waals surface area (Å²) < 4.78 is 0. The summed E-state index contributed by atoms with van der Waals surface area (Å²) in [6.45, 7) is 2.04. The first-order chi connectivity index (χ1) is 7.34. The zero-order valence-electron chi connectivity index (χ0n) is 8.87. The first kappa shape index (κ1) is 10.8. The number of carbonyl (C=O) groups excluding carboxylic acids is 1. The molecule has 0 saturated heterocycles. The molecule has 1 aliphatic carbocycles. The predicted molar refractivity (Wildman–Crippen MR) is 63.0 cm³/mol. The number of rotatable bonds is 4. The number of hydrogen-bond donors (Lipinski definition) is 1. The summed E-state index contributed by atoms with van der Waals surface area (Å²) >= 11 is 1.79. The van der Waals surface area contributed by atoms with Gasteiger partial charge in [-0.25, -0.2) is 0 Å². The van der Waals surface area contributed by atoms with Gasteiger partial charge in [0.05, 0.1) is 0 Å². The molecule has 0 aliphatic heterocycles. The predicted octanol–water partition coefficient (Wildman–Crippen LogP) is 2.60. The van der Waals surface area contributed by atoms with Gasteiger partial charge in [-0.2, -0.15) is 0 Å². The standard InChI is InChI=1S/C12H17NOS/c14-11-5-3-10(4-6-11)8-13-9-12-2-1-7-15-12/h1-2,7,10,13H,3-6,8-9H2. The van der Waals surface area contributed by atoms with Crippen LogP contribution in [0.4, 0.5) is 0 Å². The van der Waals surface area contributed by atoms with E-state index in [2.05, 4.69) is 22.8 Å². The Kier molecular flexibility index (Phi) is 3.92. The molecule has 1 saturated carbocycles. The van der Waals surface area contributed by atoms with E-state index in [1.165, 1.54) is 4.88 Å². The topological polar surface area (TPSA) is 29.1 Å². The first-order valence-electron chi connectivity index (χ1n) is 5.59. The molecular formula is C12H17NOS. The third-order valence-corrected chi connectivity index (χ3v) is 3.85. The third kappa shape index (κ3) is 3.43. The van der Waals surface area contributed by atoms with E-state index in [1.54, 1.807) is 11.3 Å². The molecule has 0 bridgehead atoms. The van der Waals surface area contributed by atoms with E-state index >= 15 is 0 Å². The highest BCUT2D eigenvalue weighted by molar-refractivity contribution is 7.09. The van der Waals surface area contributed by atoms with Gasteiger partial charge in [0.1, 0.15) is 5.78 Å². The fourth-order valence-electron chi connectivity index (χ4n) is 2.02. The molecule has 0 radical (unpaired) electrons. The highest BCUT2D eigenvalue weighted by atomic mass is 32.1. The van der Waals surface area contributed by atoms with Crippen molar-refractivity contribution < 1.29 is 4.79 Å². The van der Waals surface area contributed by atoms with Gasteiger partial charge in [0, 0.05) is 24.3 Å². The lowest BCUT2D eigenvalue weighted by atomic mass is 9.88. The van der Waals surface area contributed by atoms with Gasteiger partial charge in [-0.05, 0) is 36.8 Å². The summed E-state index contributed by atoms with van der Waals surface area (Å²) in [5.74, 6) is 1.16. The van der Waals surface area contributed by atoms with Gasteiger partial charge in [0.2, 0.25) is 0 Å². The van der Waals surface area contributed by atoms with Gasteiger partial charge < -0.3 is 5.32 Å². The van der Waals surface area contributed by atoms with Crippen molar-refractivity contribution in [2.75, 3.05) is 6.54 Å². The maximum atomic E-state index is 11.1. The zero-order chi connectivity index (χ0) is 10.5. The molecule has 15 heavy (non-hydrogen) atoms. The van der Waals surface area contributed by atoms with Crippen LogP contribution in [0.15, 0.2) is 17.5 Å². The van der Waals surface area contributed by atoms with Gasteiger partial charge in [0.15, 0.2) is 0 Å². The third-order valence-electron chi connectivity index (χ3n) is 2.98. The van der Waals surface area contributed by atoms with Gasteiger partial charge in [-0.1, -0.05) is 6.07 Å². The summed E-state index contributed by atoms with van der Waals surface area (Å²) in [4.78, 5) is 12.4. The van der Waals surface area contributed by atoms with Crippen molar-refractivity contribution in [1.82, 2.24) is 5.32 Å². The van der Waals surface area contributed by atoms with Crippen molar-refractivity contribution in [1.29, 1.82) is 0 Å². The molecule has 1 fully saturated rings. The van der Waals surface area contributed by atoms with Crippen LogP contribution in [0.1, 0.15) is 30.6 Å². The Hall–Kier alpha value is -0.670. The van der Waals surface area contributed by atoms with E-state index in [1.807, 2.05) is 0 Å². The average molecular weight is 223 g/mol. The summed E-state index contributed by atoms with van der Waals surface area (Å²) in [7, 11) is 0. The Morgan fingerprint density at radius 3 is 2.87 bits per heavy atom. The van der Waals surface area contributed by atoms with E-state index in [4.69, 9.17) is 0 Å². The highest BCUT2D eigenvalue weighted by Crippen LogP contribution is 2.20. The minimum Gasteiger partial charge on any atom is -0.312 e. The summed E-state index contributed by atoms with van der Waals surface area (Å²) in [6, 6.07) is 4.24. The van der Waals surface area contributed by atoms with Crippen molar-refractivity contribution >= 4 is 17.1 Å². The Morgan fingerprint density at radius 1 is 1.40 bits per heavy atom. The molecule has 1 N–H and O–H groups in total. The van der Waals surface area contributed by atoms with Crippen LogP contribution in [0, 0.1) is 5.92 Å². The maximum absolute atomic E-state index is 11.1. The highest BCUT2D eigenvalue weighted by Gasteiger charge is 2.17. The Balaban J connectivity index is 1.64. The normalized spacial score (nSPS) is 18.3. The average Bonchev–Trinajstić information content (AvgIpc) is 2.74. The smallest absolute Gasteiger partial charge is 0.132 e. The van der Waals surface area contributed by atoms with Crippen LogP contribution in [-0.2, 0) is 11.3 Å². The number of ketones is 1. The summed E-state index contributed by atoms with van der Waals surface area (Å²) in [5.41, 5.74) is 0. The van der Waals surface area contributed by atoms with Crippen LogP contribution in [0.25, 0.3) is 0 Å². The molecule has 1 heterocycles. The van der Waals surface area contributed by atoms with E-state index in [9.17, 15) is 4.79 Å². The molecule has 0 amide bonds. The quantitative estimate of drug-likeness (QED) is 0.850. The Bertz CT molecular complexity index is 297. The van der Waals surface area contributed by atoms with Gasteiger partial charge in [0.25, 0.3) is 0 Å². The summed E-state index contributed by atoms with van der Waals surface area (Å²) in [5, 5.41) is 5.58. The van der Waals surface area contributed by atoms with Crippen LogP contribution in [0.3, 0.4) is 0 Å². The minimum atomic E-state index is 0.449. The number of nitrogens with one attached hydrogen (secondary N) is 1. The maximum Gasteiger partial charge on any atom is 0.132 e. The molecule has 1 aromatic rings. The van der Waals surface area contributed by atoms with Crippen molar-refractivity contribution in [2.45, 2.75) is 32.2 Å². The Labute approximate surface area is 94.7 Å². The fraction of sp³-hybridized carbons (Fsp3) is 0.583. The Morgan fingerprint density at radius 2 is 2.20 bits per heavy atom. The monoisotopic (exact) mass is 223 g/mol. The minimum absolute atomic E-state index is 0.449. The molecule has 0 atom stereocenters. The second-order valence-corrected chi connectivity index (χ2v) is 5.22. The molecule has 82 valence electrons.